The lowest BCUT2D eigenvalue weighted by Gasteiger charge is -2.51. The summed E-state index contributed by atoms with van der Waals surface area (Å²) in [4.78, 5) is 59.8. The maximum absolute atomic E-state index is 13.4. The van der Waals surface area contributed by atoms with Gasteiger partial charge in [-0.1, -0.05) is 0 Å². The van der Waals surface area contributed by atoms with Gasteiger partial charge < -0.3 is 44.2 Å². The molecular weight excluding hydrogens is 849 g/mol. The Morgan fingerprint density at radius 2 is 1.10 bits per heavy atom. The van der Waals surface area contributed by atoms with Crippen molar-refractivity contribution in [1.82, 2.24) is 49.9 Å². The van der Waals surface area contributed by atoms with Crippen LogP contribution in [0.4, 0.5) is 4.79 Å². The SMILES string of the molecule is COc1ccc(-c2ncc3c(n2)-c2c(c4c(n2C)CC2(CN(C(=O)OC(C)(C)C)C2)NC4=O)CC3)cc1.COc1ccc(-c2ncc3c(n2)-c2c(c4c(n2C)CC2(CNC2)NC4=O)CC3)cc1. The molecule has 16 nitrogen and oxygen atoms in total. The molecule has 4 aromatic heterocycles. The van der Waals surface area contributed by atoms with E-state index in [4.69, 9.17) is 24.2 Å². The highest BCUT2D eigenvalue weighted by Crippen LogP contribution is 2.43. The number of likely N-dealkylation sites (tertiary alicyclic amines) is 1. The van der Waals surface area contributed by atoms with Crippen LogP contribution in [-0.4, -0.2) is 109 Å². The number of rotatable bonds is 4. The van der Waals surface area contributed by atoms with E-state index >= 15 is 0 Å². The van der Waals surface area contributed by atoms with Gasteiger partial charge in [0.15, 0.2) is 11.6 Å². The predicted molar refractivity (Wildman–Crippen MR) is 250 cm³/mol. The molecule has 2 aliphatic carbocycles. The molecule has 0 unspecified atom stereocenters. The Kier molecular flexibility index (Phi) is 9.85. The highest BCUT2D eigenvalue weighted by atomic mass is 16.6. The molecule has 2 saturated heterocycles. The Hall–Kier alpha value is -7.07. The maximum atomic E-state index is 13.4. The minimum atomic E-state index is -0.556. The summed E-state index contributed by atoms with van der Waals surface area (Å²) in [6, 6.07) is 15.5. The van der Waals surface area contributed by atoms with Gasteiger partial charge in [0, 0.05) is 88.0 Å². The lowest BCUT2D eigenvalue weighted by atomic mass is 9.80. The number of hydrogen-bond acceptors (Lipinski definition) is 11. The first-order valence-electron chi connectivity index (χ1n) is 22.9. The van der Waals surface area contributed by atoms with E-state index in [1.165, 1.54) is 0 Å². The summed E-state index contributed by atoms with van der Waals surface area (Å²) in [6.07, 6.45) is 8.25. The molecule has 8 heterocycles. The largest absolute Gasteiger partial charge is 0.497 e. The molecule has 67 heavy (non-hydrogen) atoms. The maximum Gasteiger partial charge on any atom is 0.410 e. The van der Waals surface area contributed by atoms with E-state index in [1.807, 2.05) is 88.7 Å². The van der Waals surface area contributed by atoms with Crippen molar-refractivity contribution in [2.45, 2.75) is 76.0 Å². The summed E-state index contributed by atoms with van der Waals surface area (Å²) >= 11 is 0. The Morgan fingerprint density at radius 1 is 0.657 bits per heavy atom. The van der Waals surface area contributed by atoms with Crippen molar-refractivity contribution < 1.29 is 28.6 Å². The van der Waals surface area contributed by atoms with E-state index < -0.39 is 11.1 Å². The Bertz CT molecular complexity index is 3030. The van der Waals surface area contributed by atoms with Crippen LogP contribution in [0.2, 0.25) is 0 Å². The molecule has 6 aromatic rings. The van der Waals surface area contributed by atoms with Crippen LogP contribution in [0.5, 0.6) is 11.5 Å². The fourth-order valence-electron chi connectivity index (χ4n) is 10.8. The number of aryl methyl sites for hydroxylation is 2. The molecule has 0 radical (unpaired) electrons. The second kappa shape index (κ2) is 15.5. The first kappa shape index (κ1) is 42.6. The highest BCUT2D eigenvalue weighted by Gasteiger charge is 2.52. The van der Waals surface area contributed by atoms with Crippen molar-refractivity contribution in [3.05, 3.63) is 106 Å². The first-order valence-corrected chi connectivity index (χ1v) is 22.9. The van der Waals surface area contributed by atoms with Crippen LogP contribution in [0.25, 0.3) is 45.6 Å². The summed E-state index contributed by atoms with van der Waals surface area (Å²) in [5.41, 5.74) is 12.7. The van der Waals surface area contributed by atoms with Crippen molar-refractivity contribution in [3.8, 4) is 57.1 Å². The number of aromatic nitrogens is 6. The van der Waals surface area contributed by atoms with Gasteiger partial charge in [-0.05, 0) is 117 Å². The first-order chi connectivity index (χ1) is 32.2. The number of benzene rings is 2. The van der Waals surface area contributed by atoms with Gasteiger partial charge in [0.2, 0.25) is 0 Å². The number of fused-ring (bicyclic) bond motifs is 10. The Labute approximate surface area is 388 Å². The van der Waals surface area contributed by atoms with Gasteiger partial charge in [-0.15, -0.1) is 0 Å². The third kappa shape index (κ3) is 7.11. The Morgan fingerprint density at radius 3 is 1.52 bits per heavy atom. The van der Waals surface area contributed by atoms with Crippen LogP contribution in [0.1, 0.15) is 75.1 Å². The lowest BCUT2D eigenvalue weighted by molar-refractivity contribution is -0.0170. The van der Waals surface area contributed by atoms with Crippen molar-refractivity contribution in [3.63, 3.8) is 0 Å². The molecule has 16 heteroatoms. The smallest absolute Gasteiger partial charge is 0.410 e. The molecule has 2 fully saturated rings. The number of ether oxygens (including phenoxy) is 3. The number of methoxy groups -OCH3 is 2. The van der Waals surface area contributed by atoms with E-state index in [-0.39, 0.29) is 23.4 Å². The van der Waals surface area contributed by atoms with Crippen molar-refractivity contribution >= 4 is 17.9 Å². The quantitative estimate of drug-likeness (QED) is 0.206. The molecule has 3 N–H and O–H groups in total. The van der Waals surface area contributed by atoms with Gasteiger partial charge >= 0.3 is 6.09 Å². The summed E-state index contributed by atoms with van der Waals surface area (Å²) < 4.78 is 20.4. The molecule has 6 aliphatic rings. The molecule has 4 aliphatic heterocycles. The Balaban J connectivity index is 0.000000151. The molecule has 0 bridgehead atoms. The van der Waals surface area contributed by atoms with Crippen LogP contribution in [0.3, 0.4) is 0 Å². The second-order valence-electron chi connectivity index (χ2n) is 19.8. The van der Waals surface area contributed by atoms with Gasteiger partial charge in [0.25, 0.3) is 11.8 Å². The predicted octanol–water partition coefficient (Wildman–Crippen LogP) is 5.42. The van der Waals surface area contributed by atoms with Gasteiger partial charge in [0.05, 0.1) is 59.2 Å². The average molecular weight is 903 g/mol. The standard InChI is InChI=1S/C28H31N5O4.C23H23N5O2/c1-27(2,3)37-26(35)33-14-28(15-33)12-20-21(25(34)31-28)19-11-8-17-13-29-24(30-22(17)23(19)32(20)4)16-6-9-18(36-5)10-7-16;1-28-17-9-23(11-24-12-23)27-22(29)18(17)16-8-5-14-10-25-21(26-19(14)20(16)28)13-3-6-15(30-2)7-4-13/h6-7,9-10,13H,8,11-12,14-15H2,1-5H3,(H,31,34);3-4,6-7,10,24H,5,8-9,11-12H2,1-2H3,(H,27,29). The minimum Gasteiger partial charge on any atom is -0.497 e. The van der Waals surface area contributed by atoms with E-state index in [2.05, 4.69) is 42.1 Å². The summed E-state index contributed by atoms with van der Waals surface area (Å²) in [6.45, 7) is 8.08. The fourth-order valence-corrected chi connectivity index (χ4v) is 10.8. The normalized spacial score (nSPS) is 17.7. The van der Waals surface area contributed by atoms with E-state index in [0.717, 1.165) is 135 Å². The summed E-state index contributed by atoms with van der Waals surface area (Å²) in [7, 11) is 7.38. The van der Waals surface area contributed by atoms with Gasteiger partial charge in [-0.25, -0.2) is 24.7 Å². The third-order valence-electron chi connectivity index (χ3n) is 14.2. The van der Waals surface area contributed by atoms with Crippen LogP contribution in [0, 0.1) is 0 Å². The molecule has 3 amide bonds. The molecular formula is C51H54N10O6. The van der Waals surface area contributed by atoms with Crippen molar-refractivity contribution in [2.24, 2.45) is 14.1 Å². The van der Waals surface area contributed by atoms with Crippen LogP contribution in [-0.2, 0) is 57.4 Å². The number of carbonyl (C=O) groups excluding carboxylic acids is 3. The monoisotopic (exact) mass is 902 g/mol. The zero-order valence-corrected chi connectivity index (χ0v) is 38.9. The molecule has 12 rings (SSSR count). The van der Waals surface area contributed by atoms with Gasteiger partial charge in [0.1, 0.15) is 17.1 Å². The molecule has 2 spiro atoms. The zero-order chi connectivity index (χ0) is 46.6. The zero-order valence-electron chi connectivity index (χ0n) is 38.9. The number of amides is 3. The van der Waals surface area contributed by atoms with Gasteiger partial charge in [-0.3, -0.25) is 9.59 Å². The number of hydrogen-bond donors (Lipinski definition) is 3. The van der Waals surface area contributed by atoms with E-state index in [1.54, 1.807) is 19.1 Å². The molecule has 0 saturated carbocycles. The number of carbonyl (C=O) groups is 3. The highest BCUT2D eigenvalue weighted by molar-refractivity contribution is 6.02. The van der Waals surface area contributed by atoms with E-state index in [0.29, 0.717) is 31.2 Å². The molecule has 0 atom stereocenters. The van der Waals surface area contributed by atoms with Crippen LogP contribution in [0.15, 0.2) is 60.9 Å². The van der Waals surface area contributed by atoms with Crippen LogP contribution >= 0.6 is 0 Å². The van der Waals surface area contributed by atoms with E-state index in [9.17, 15) is 14.4 Å². The third-order valence-corrected chi connectivity index (χ3v) is 14.2. The topological polar surface area (TPSA) is 180 Å². The second-order valence-corrected chi connectivity index (χ2v) is 19.8. The number of nitrogens with zero attached hydrogens (tertiary/aromatic N) is 7. The lowest BCUT2D eigenvalue weighted by Crippen LogP contribution is -2.74. The van der Waals surface area contributed by atoms with Gasteiger partial charge in [-0.2, -0.15) is 0 Å². The minimum absolute atomic E-state index is 0.0579. The summed E-state index contributed by atoms with van der Waals surface area (Å²) in [5, 5.41) is 9.78. The number of nitrogens with one attached hydrogen (secondary N) is 3. The average Bonchev–Trinajstić information content (AvgIpc) is 3.77. The van der Waals surface area contributed by atoms with Crippen molar-refractivity contribution in [1.29, 1.82) is 0 Å². The molecule has 344 valence electrons. The molecule has 2 aromatic carbocycles. The van der Waals surface area contributed by atoms with Crippen LogP contribution < -0.4 is 25.4 Å². The van der Waals surface area contributed by atoms with Crippen molar-refractivity contribution in [2.75, 3.05) is 40.4 Å². The summed E-state index contributed by atoms with van der Waals surface area (Å²) in [5.74, 6) is 2.89. The fraction of sp³-hybridized carbons (Fsp3) is 0.392.